The van der Waals surface area contributed by atoms with Crippen LogP contribution in [0.2, 0.25) is 5.02 Å². The van der Waals surface area contributed by atoms with Crippen molar-refractivity contribution in [1.29, 1.82) is 0 Å². The summed E-state index contributed by atoms with van der Waals surface area (Å²) in [6.45, 7) is 9.52. The second kappa shape index (κ2) is 12.0. The lowest BCUT2D eigenvalue weighted by Gasteiger charge is -2.41. The summed E-state index contributed by atoms with van der Waals surface area (Å²) in [5.74, 6) is -1.78. The number of amides is 2. The Hall–Kier alpha value is -4.37. The Kier molecular flexibility index (Phi) is 8.44. The Morgan fingerprint density at radius 2 is 1.80 bits per heavy atom. The summed E-state index contributed by atoms with van der Waals surface area (Å²) in [6.07, 6.45) is 1.89. The molecule has 3 aromatic rings. The molecule has 3 N–H and O–H groups in total. The van der Waals surface area contributed by atoms with E-state index in [2.05, 4.69) is 17.2 Å². The van der Waals surface area contributed by atoms with Crippen LogP contribution in [0.3, 0.4) is 0 Å². The SMILES string of the molecule is C=C[C@@H]1C[C@]1(NC(=O)C1Cc2cc(Oc3cccc(Cl)c3)ccc2CN1C(=O)C(Nc1ccc(F)cc1)C(C)(C)C)C(=O)O. The highest BCUT2D eigenvalue weighted by Crippen LogP contribution is 2.45. The highest BCUT2D eigenvalue weighted by Gasteiger charge is 2.61. The zero-order valence-electron chi connectivity index (χ0n) is 24.8. The molecule has 0 saturated heterocycles. The molecule has 2 aliphatic rings. The first-order chi connectivity index (χ1) is 20.8. The molecule has 1 fully saturated rings. The van der Waals surface area contributed by atoms with Crippen LogP contribution in [0.5, 0.6) is 11.5 Å². The molecular weight excluding hydrogens is 585 g/mol. The third-order valence-electron chi connectivity index (χ3n) is 8.22. The summed E-state index contributed by atoms with van der Waals surface area (Å²) in [6, 6.07) is 16.4. The number of aliphatic carboxylic acids is 1. The molecule has 4 atom stereocenters. The highest BCUT2D eigenvalue weighted by atomic mass is 35.5. The Bertz CT molecular complexity index is 1610. The minimum Gasteiger partial charge on any atom is -0.479 e. The predicted octanol–water partition coefficient (Wildman–Crippen LogP) is 6.20. The van der Waals surface area contributed by atoms with Crippen molar-refractivity contribution >= 4 is 35.1 Å². The summed E-state index contributed by atoms with van der Waals surface area (Å²) in [5, 5.41) is 16.5. The van der Waals surface area contributed by atoms with Gasteiger partial charge >= 0.3 is 5.97 Å². The molecule has 0 aromatic heterocycles. The first-order valence-electron chi connectivity index (χ1n) is 14.4. The molecule has 1 heterocycles. The highest BCUT2D eigenvalue weighted by molar-refractivity contribution is 6.30. The van der Waals surface area contributed by atoms with Gasteiger partial charge in [0.05, 0.1) is 0 Å². The number of hydrogen-bond donors (Lipinski definition) is 3. The number of carboxylic acid groups (broad SMARTS) is 1. The summed E-state index contributed by atoms with van der Waals surface area (Å²) >= 11 is 6.11. The molecule has 8 nitrogen and oxygen atoms in total. The van der Waals surface area contributed by atoms with Crippen molar-refractivity contribution in [2.24, 2.45) is 11.3 Å². The van der Waals surface area contributed by atoms with E-state index >= 15 is 0 Å². The molecule has 1 aliphatic heterocycles. The van der Waals surface area contributed by atoms with Crippen molar-refractivity contribution in [3.63, 3.8) is 0 Å². The summed E-state index contributed by atoms with van der Waals surface area (Å²) in [7, 11) is 0. The maximum Gasteiger partial charge on any atom is 0.330 e. The van der Waals surface area contributed by atoms with E-state index in [1.165, 1.54) is 23.1 Å². The van der Waals surface area contributed by atoms with E-state index in [1.807, 2.05) is 32.9 Å². The van der Waals surface area contributed by atoms with Crippen LogP contribution in [0.25, 0.3) is 0 Å². The van der Waals surface area contributed by atoms with Crippen molar-refractivity contribution in [3.8, 4) is 11.5 Å². The van der Waals surface area contributed by atoms with Gasteiger partial charge < -0.3 is 25.4 Å². The van der Waals surface area contributed by atoms with Crippen molar-refractivity contribution in [2.45, 2.75) is 57.8 Å². The normalized spacial score (nSPS) is 21.4. The van der Waals surface area contributed by atoms with Gasteiger partial charge in [-0.15, -0.1) is 6.58 Å². The Labute approximate surface area is 260 Å². The van der Waals surface area contributed by atoms with Gasteiger partial charge in [-0.3, -0.25) is 9.59 Å². The van der Waals surface area contributed by atoms with E-state index < -0.39 is 46.6 Å². The van der Waals surface area contributed by atoms with Gasteiger partial charge in [-0.25, -0.2) is 9.18 Å². The lowest BCUT2D eigenvalue weighted by Crippen LogP contribution is -2.60. The van der Waals surface area contributed by atoms with Crippen LogP contribution in [0.4, 0.5) is 10.1 Å². The number of nitrogens with one attached hydrogen (secondary N) is 2. The van der Waals surface area contributed by atoms with Crippen LogP contribution in [0.1, 0.15) is 38.3 Å². The summed E-state index contributed by atoms with van der Waals surface area (Å²) in [4.78, 5) is 42.0. The van der Waals surface area contributed by atoms with Gasteiger partial charge in [-0.05, 0) is 77.6 Å². The Morgan fingerprint density at radius 1 is 1.09 bits per heavy atom. The maximum absolute atomic E-state index is 14.4. The number of ether oxygens (including phenoxy) is 1. The van der Waals surface area contributed by atoms with Crippen molar-refractivity contribution < 1.29 is 28.6 Å². The zero-order valence-corrected chi connectivity index (χ0v) is 25.5. The lowest BCUT2D eigenvalue weighted by molar-refractivity contribution is -0.147. The number of rotatable bonds is 9. The number of nitrogens with zero attached hydrogens (tertiary/aromatic N) is 1. The molecule has 2 amide bonds. The van der Waals surface area contributed by atoms with Crippen LogP contribution in [-0.2, 0) is 27.3 Å². The van der Waals surface area contributed by atoms with E-state index in [0.717, 1.165) is 11.1 Å². The number of fused-ring (bicyclic) bond motifs is 1. The summed E-state index contributed by atoms with van der Waals surface area (Å²) in [5.41, 5.74) is 0.124. The second-order valence-corrected chi connectivity index (χ2v) is 12.9. The second-order valence-electron chi connectivity index (χ2n) is 12.4. The van der Waals surface area contributed by atoms with Gasteiger partial charge in [0, 0.05) is 29.6 Å². The molecule has 1 aliphatic carbocycles. The number of carboxylic acids is 1. The van der Waals surface area contributed by atoms with Crippen LogP contribution in [-0.4, -0.2) is 45.4 Å². The fourth-order valence-electron chi connectivity index (χ4n) is 5.60. The minimum absolute atomic E-state index is 0.117. The maximum atomic E-state index is 14.4. The van der Waals surface area contributed by atoms with E-state index in [4.69, 9.17) is 16.3 Å². The molecule has 44 heavy (non-hydrogen) atoms. The largest absolute Gasteiger partial charge is 0.479 e. The number of carbonyl (C=O) groups is 3. The number of halogens is 2. The van der Waals surface area contributed by atoms with E-state index in [0.29, 0.717) is 22.2 Å². The molecule has 10 heteroatoms. The van der Waals surface area contributed by atoms with Gasteiger partial charge in [-0.1, -0.05) is 50.6 Å². The van der Waals surface area contributed by atoms with Crippen LogP contribution in [0, 0.1) is 17.2 Å². The molecule has 1 saturated carbocycles. The smallest absolute Gasteiger partial charge is 0.330 e. The molecule has 5 rings (SSSR count). The number of anilines is 1. The van der Waals surface area contributed by atoms with Crippen molar-refractivity contribution in [2.75, 3.05) is 5.32 Å². The predicted molar refractivity (Wildman–Crippen MR) is 166 cm³/mol. The average Bonchev–Trinajstić information content (AvgIpc) is 3.69. The Morgan fingerprint density at radius 3 is 2.41 bits per heavy atom. The third-order valence-corrected chi connectivity index (χ3v) is 8.46. The quantitative estimate of drug-likeness (QED) is 0.246. The molecule has 3 aromatic carbocycles. The molecule has 230 valence electrons. The van der Waals surface area contributed by atoms with E-state index in [9.17, 15) is 23.9 Å². The van der Waals surface area contributed by atoms with Gasteiger partial charge in [0.1, 0.15) is 34.9 Å². The van der Waals surface area contributed by atoms with Crippen molar-refractivity contribution in [3.05, 3.63) is 101 Å². The van der Waals surface area contributed by atoms with Crippen LogP contribution >= 0.6 is 11.6 Å². The number of carbonyl (C=O) groups excluding carboxylic acids is 2. The fraction of sp³-hybridized carbons (Fsp3) is 0.324. The topological polar surface area (TPSA) is 108 Å². The molecule has 0 radical (unpaired) electrons. The average molecular weight is 620 g/mol. The van der Waals surface area contributed by atoms with Crippen LogP contribution < -0.4 is 15.4 Å². The van der Waals surface area contributed by atoms with E-state index in [-0.39, 0.29) is 25.3 Å². The number of benzene rings is 3. The molecule has 2 unspecified atom stereocenters. The molecular formula is C34H35ClFN3O5. The molecule has 0 bridgehead atoms. The van der Waals surface area contributed by atoms with Crippen molar-refractivity contribution in [1.82, 2.24) is 10.2 Å². The first-order valence-corrected chi connectivity index (χ1v) is 14.7. The zero-order chi connectivity index (χ0) is 31.8. The van der Waals surface area contributed by atoms with Gasteiger partial charge in [0.2, 0.25) is 11.8 Å². The monoisotopic (exact) mass is 619 g/mol. The first kappa shape index (κ1) is 31.1. The van der Waals surface area contributed by atoms with Crippen LogP contribution in [0.15, 0.2) is 79.4 Å². The van der Waals surface area contributed by atoms with E-state index in [1.54, 1.807) is 42.5 Å². The minimum atomic E-state index is -1.46. The standard InChI is InChI=1S/C34H35ClFN3O5/c1-5-22-18-34(22,32(42)43)38-30(40)28-16-21-15-27(44-26-8-6-7-23(35)17-26)14-9-20(21)19-39(28)31(41)29(33(2,3)4)37-25-12-10-24(36)11-13-25/h5-15,17,22,28-29,37H,1,16,18-19H2,2-4H3,(H,38,40)(H,42,43)/t22-,28?,29?,34-/m1/s1. The third kappa shape index (κ3) is 6.43. The fourth-order valence-corrected chi connectivity index (χ4v) is 5.78. The summed E-state index contributed by atoms with van der Waals surface area (Å²) < 4.78 is 19.6. The van der Waals surface area contributed by atoms with Gasteiger partial charge in [-0.2, -0.15) is 0 Å². The molecule has 0 spiro atoms. The number of hydrogen-bond acceptors (Lipinski definition) is 5. The van der Waals surface area contributed by atoms with Gasteiger partial charge in [0.25, 0.3) is 0 Å². The van der Waals surface area contributed by atoms with Gasteiger partial charge in [0.15, 0.2) is 0 Å². The lowest BCUT2D eigenvalue weighted by atomic mass is 9.84. The Balaban J connectivity index is 1.48.